The molecule has 0 aliphatic carbocycles. The van der Waals surface area contributed by atoms with Crippen molar-refractivity contribution in [2.75, 3.05) is 50.8 Å². The summed E-state index contributed by atoms with van der Waals surface area (Å²) in [7, 11) is 0. The molecule has 3 saturated heterocycles. The number of imide groups is 1. The lowest BCUT2D eigenvalue weighted by Crippen LogP contribution is -2.54. The minimum atomic E-state index is -0.476. The van der Waals surface area contributed by atoms with Gasteiger partial charge in [0, 0.05) is 37.9 Å². The predicted molar refractivity (Wildman–Crippen MR) is 155 cm³/mol. The van der Waals surface area contributed by atoms with Gasteiger partial charge in [-0.3, -0.25) is 24.6 Å². The topological polar surface area (TPSA) is 91.4 Å². The SMILES string of the molecule is Cc1cccc(OC2CCN(C(=O)CN3CCC(c4c(F)ccc5c4OCCN5C4CCC(=O)NC4=O)CC3)CC2)c1. The van der Waals surface area contributed by atoms with Crippen LogP contribution in [0.5, 0.6) is 11.5 Å². The van der Waals surface area contributed by atoms with Crippen LogP contribution in [-0.2, 0) is 14.4 Å². The number of halogens is 1. The van der Waals surface area contributed by atoms with Crippen LogP contribution in [0.1, 0.15) is 55.6 Å². The van der Waals surface area contributed by atoms with Crippen LogP contribution in [0, 0.1) is 12.7 Å². The number of likely N-dealkylation sites (tertiary alicyclic amines) is 2. The summed E-state index contributed by atoms with van der Waals surface area (Å²) < 4.78 is 27.5. The minimum absolute atomic E-state index is 0.0393. The van der Waals surface area contributed by atoms with Gasteiger partial charge in [-0.15, -0.1) is 0 Å². The number of hydrogen-bond donors (Lipinski definition) is 1. The van der Waals surface area contributed by atoms with E-state index in [1.807, 2.05) is 41.0 Å². The van der Waals surface area contributed by atoms with E-state index in [1.165, 1.54) is 11.6 Å². The lowest BCUT2D eigenvalue weighted by Gasteiger charge is -2.40. The smallest absolute Gasteiger partial charge is 0.249 e. The normalized spacial score (nSPS) is 22.4. The zero-order chi connectivity index (χ0) is 29.2. The summed E-state index contributed by atoms with van der Waals surface area (Å²) in [4.78, 5) is 43.4. The van der Waals surface area contributed by atoms with Crippen LogP contribution < -0.4 is 19.7 Å². The van der Waals surface area contributed by atoms with Crippen LogP contribution in [0.3, 0.4) is 0 Å². The van der Waals surface area contributed by atoms with Gasteiger partial charge in [0.2, 0.25) is 17.7 Å². The van der Waals surface area contributed by atoms with Gasteiger partial charge >= 0.3 is 0 Å². The number of anilines is 1. The number of aryl methyl sites for hydroxylation is 1. The van der Waals surface area contributed by atoms with E-state index in [4.69, 9.17) is 9.47 Å². The summed E-state index contributed by atoms with van der Waals surface area (Å²) in [5.41, 5.74) is 2.44. The minimum Gasteiger partial charge on any atom is -0.490 e. The second kappa shape index (κ2) is 12.3. The van der Waals surface area contributed by atoms with E-state index in [-0.39, 0.29) is 42.0 Å². The van der Waals surface area contributed by atoms with E-state index in [1.54, 1.807) is 6.07 Å². The molecule has 9 nitrogen and oxygen atoms in total. The van der Waals surface area contributed by atoms with Gasteiger partial charge in [-0.25, -0.2) is 4.39 Å². The fourth-order valence-electron chi connectivity index (χ4n) is 6.77. The molecule has 4 aliphatic rings. The molecule has 4 aliphatic heterocycles. The summed E-state index contributed by atoms with van der Waals surface area (Å²) in [6.07, 6.45) is 3.90. The van der Waals surface area contributed by atoms with Crippen molar-refractivity contribution in [2.24, 2.45) is 0 Å². The zero-order valence-electron chi connectivity index (χ0n) is 24.1. The van der Waals surface area contributed by atoms with E-state index in [0.717, 1.165) is 31.4 Å². The molecule has 10 heteroatoms. The van der Waals surface area contributed by atoms with E-state index >= 15 is 4.39 Å². The van der Waals surface area contributed by atoms with Crippen molar-refractivity contribution < 1.29 is 28.2 Å². The Labute approximate surface area is 245 Å². The zero-order valence-corrected chi connectivity index (χ0v) is 24.1. The molecule has 0 spiro atoms. The van der Waals surface area contributed by atoms with Crippen LogP contribution >= 0.6 is 0 Å². The fraction of sp³-hybridized carbons (Fsp3) is 0.531. The largest absolute Gasteiger partial charge is 0.490 e. The third-order valence-electron chi connectivity index (χ3n) is 9.04. The van der Waals surface area contributed by atoms with Crippen LogP contribution in [0.2, 0.25) is 0 Å². The molecule has 0 radical (unpaired) electrons. The van der Waals surface area contributed by atoms with Crippen molar-refractivity contribution in [1.29, 1.82) is 0 Å². The summed E-state index contributed by atoms with van der Waals surface area (Å²) >= 11 is 0. The first-order valence-electron chi connectivity index (χ1n) is 15.1. The number of amides is 3. The number of nitrogens with one attached hydrogen (secondary N) is 1. The second-order valence-corrected chi connectivity index (χ2v) is 11.9. The Kier molecular flexibility index (Phi) is 8.33. The first kappa shape index (κ1) is 28.5. The van der Waals surface area contributed by atoms with Gasteiger partial charge in [0.05, 0.1) is 18.8 Å². The molecule has 3 amide bonds. The molecule has 6 rings (SSSR count). The van der Waals surface area contributed by atoms with Crippen LogP contribution in [-0.4, -0.2) is 85.5 Å². The maximum Gasteiger partial charge on any atom is 0.249 e. The van der Waals surface area contributed by atoms with Crippen LogP contribution in [0.15, 0.2) is 36.4 Å². The maximum absolute atomic E-state index is 15.3. The molecular formula is C32H39FN4O5. The van der Waals surface area contributed by atoms with Gasteiger partial charge in [0.1, 0.15) is 36.1 Å². The van der Waals surface area contributed by atoms with Gasteiger partial charge in [-0.05, 0) is 75.0 Å². The number of piperidine rings is 3. The monoisotopic (exact) mass is 578 g/mol. The fourth-order valence-corrected chi connectivity index (χ4v) is 6.77. The lowest BCUT2D eigenvalue weighted by atomic mass is 9.87. The summed E-state index contributed by atoms with van der Waals surface area (Å²) in [6, 6.07) is 10.7. The average molecular weight is 579 g/mol. The molecule has 1 N–H and O–H groups in total. The number of benzene rings is 2. The van der Waals surface area contributed by atoms with Crippen LogP contribution in [0.25, 0.3) is 0 Å². The van der Waals surface area contributed by atoms with Crippen LogP contribution in [0.4, 0.5) is 10.1 Å². The third-order valence-corrected chi connectivity index (χ3v) is 9.04. The first-order chi connectivity index (χ1) is 20.4. The molecule has 2 aromatic carbocycles. The second-order valence-electron chi connectivity index (χ2n) is 11.9. The maximum atomic E-state index is 15.3. The highest BCUT2D eigenvalue weighted by Crippen LogP contribution is 2.44. The molecule has 42 heavy (non-hydrogen) atoms. The number of carbonyl (C=O) groups is 3. The van der Waals surface area contributed by atoms with Gasteiger partial charge in [0.15, 0.2) is 0 Å². The Morgan fingerprint density at radius 1 is 1.02 bits per heavy atom. The number of carbonyl (C=O) groups excluding carboxylic acids is 3. The molecule has 1 unspecified atom stereocenters. The summed E-state index contributed by atoms with van der Waals surface area (Å²) in [5.74, 6) is 0.613. The molecule has 224 valence electrons. The van der Waals surface area contributed by atoms with Crippen molar-refractivity contribution in [1.82, 2.24) is 15.1 Å². The molecule has 0 bridgehead atoms. The van der Waals surface area contributed by atoms with Crippen molar-refractivity contribution in [2.45, 2.75) is 63.5 Å². The summed E-state index contributed by atoms with van der Waals surface area (Å²) in [6.45, 7) is 6.04. The molecule has 3 fully saturated rings. The van der Waals surface area contributed by atoms with Gasteiger partial charge in [0.25, 0.3) is 0 Å². The van der Waals surface area contributed by atoms with Gasteiger partial charge in [-0.1, -0.05) is 12.1 Å². The number of nitrogens with zero attached hydrogens (tertiary/aromatic N) is 3. The van der Waals surface area contributed by atoms with Crippen molar-refractivity contribution in [3.05, 3.63) is 53.3 Å². The highest BCUT2D eigenvalue weighted by Gasteiger charge is 2.37. The van der Waals surface area contributed by atoms with Gasteiger partial charge in [-0.2, -0.15) is 0 Å². The Balaban J connectivity index is 1.03. The molecule has 1 atom stereocenters. The van der Waals surface area contributed by atoms with Gasteiger partial charge < -0.3 is 19.3 Å². The molecule has 0 aromatic heterocycles. The molecule has 2 aromatic rings. The van der Waals surface area contributed by atoms with Crippen molar-refractivity contribution in [3.8, 4) is 11.5 Å². The Hall–Kier alpha value is -3.66. The highest BCUT2D eigenvalue weighted by atomic mass is 19.1. The van der Waals surface area contributed by atoms with E-state index in [0.29, 0.717) is 69.3 Å². The predicted octanol–water partition coefficient (Wildman–Crippen LogP) is 3.39. The standard InChI is InChI=1S/C32H39FN4O5/c1-21-3-2-4-24(19-21)42-23-11-15-36(16-12-23)29(39)20-35-13-9-22(10-14-35)30-25(33)5-6-26-31(30)41-18-17-37(26)27-7-8-28(38)34-32(27)40/h2-6,19,22-23,27H,7-18,20H2,1H3,(H,34,38,40). The van der Waals surface area contributed by atoms with E-state index in [9.17, 15) is 14.4 Å². The Morgan fingerprint density at radius 3 is 2.55 bits per heavy atom. The molecule has 4 heterocycles. The number of ether oxygens (including phenoxy) is 2. The molecule has 0 saturated carbocycles. The Bertz CT molecular complexity index is 1340. The number of rotatable bonds is 6. The van der Waals surface area contributed by atoms with E-state index < -0.39 is 6.04 Å². The van der Waals surface area contributed by atoms with Crippen molar-refractivity contribution in [3.63, 3.8) is 0 Å². The Morgan fingerprint density at radius 2 is 1.81 bits per heavy atom. The third kappa shape index (κ3) is 6.09. The number of hydrogen-bond acceptors (Lipinski definition) is 7. The highest BCUT2D eigenvalue weighted by molar-refractivity contribution is 6.02. The lowest BCUT2D eigenvalue weighted by molar-refractivity contribution is -0.135. The number of fused-ring (bicyclic) bond motifs is 1. The average Bonchev–Trinajstić information content (AvgIpc) is 2.98. The van der Waals surface area contributed by atoms with Crippen molar-refractivity contribution >= 4 is 23.4 Å². The molecular weight excluding hydrogens is 539 g/mol. The quantitative estimate of drug-likeness (QED) is 0.526. The summed E-state index contributed by atoms with van der Waals surface area (Å²) in [5, 5.41) is 2.43. The van der Waals surface area contributed by atoms with E-state index in [2.05, 4.69) is 10.2 Å². The first-order valence-corrected chi connectivity index (χ1v) is 15.1.